The van der Waals surface area contributed by atoms with Crippen LogP contribution in [0.5, 0.6) is 0 Å². The fourth-order valence-electron chi connectivity index (χ4n) is 2.36. The molecule has 4 nitrogen and oxygen atoms in total. The van der Waals surface area contributed by atoms with Crippen molar-refractivity contribution in [1.82, 2.24) is 9.97 Å². The van der Waals surface area contributed by atoms with Gasteiger partial charge >= 0.3 is 0 Å². The highest BCUT2D eigenvalue weighted by Gasteiger charge is 2.24. The molecule has 1 atom stereocenters. The summed E-state index contributed by atoms with van der Waals surface area (Å²) in [5, 5.41) is 8.88. The molecule has 1 saturated heterocycles. The van der Waals surface area contributed by atoms with E-state index in [1.807, 2.05) is 13.0 Å². The van der Waals surface area contributed by atoms with Gasteiger partial charge in [-0.25, -0.2) is 9.97 Å². The Bertz CT molecular complexity index is 343. The van der Waals surface area contributed by atoms with Crippen LogP contribution in [0.4, 0.5) is 5.82 Å². The van der Waals surface area contributed by atoms with Crippen molar-refractivity contribution >= 4 is 5.82 Å². The minimum Gasteiger partial charge on any atom is -0.396 e. The molecule has 1 aliphatic heterocycles. The van der Waals surface area contributed by atoms with E-state index in [0.717, 1.165) is 30.9 Å². The Morgan fingerprint density at radius 2 is 2.38 bits per heavy atom. The number of nitrogens with zero attached hydrogens (tertiary/aromatic N) is 3. The van der Waals surface area contributed by atoms with Crippen LogP contribution in [0.1, 0.15) is 31.4 Å². The standard InChI is InChI=1S/C12H19N3O/c1-10-8-12(14-9-13-10)15-6-2-4-11(15)5-3-7-16/h8-9,11,16H,2-7H2,1H3. The fourth-order valence-corrected chi connectivity index (χ4v) is 2.36. The monoisotopic (exact) mass is 221 g/mol. The minimum absolute atomic E-state index is 0.285. The molecule has 2 heterocycles. The average molecular weight is 221 g/mol. The summed E-state index contributed by atoms with van der Waals surface area (Å²) >= 11 is 0. The van der Waals surface area contributed by atoms with Gasteiger partial charge in [-0.05, 0) is 32.6 Å². The molecule has 0 amide bonds. The van der Waals surface area contributed by atoms with E-state index in [2.05, 4.69) is 14.9 Å². The first-order valence-electron chi connectivity index (χ1n) is 5.97. The molecule has 0 bridgehead atoms. The second-order valence-corrected chi connectivity index (χ2v) is 4.37. The smallest absolute Gasteiger partial charge is 0.132 e. The fraction of sp³-hybridized carbons (Fsp3) is 0.667. The molecule has 16 heavy (non-hydrogen) atoms. The van der Waals surface area contributed by atoms with Gasteiger partial charge in [-0.3, -0.25) is 0 Å². The highest BCUT2D eigenvalue weighted by molar-refractivity contribution is 5.41. The molecule has 4 heteroatoms. The first-order valence-corrected chi connectivity index (χ1v) is 5.97. The summed E-state index contributed by atoms with van der Waals surface area (Å²) in [5.41, 5.74) is 1.01. The van der Waals surface area contributed by atoms with Gasteiger partial charge in [0.1, 0.15) is 12.1 Å². The van der Waals surface area contributed by atoms with Gasteiger partial charge < -0.3 is 10.0 Å². The lowest BCUT2D eigenvalue weighted by atomic mass is 10.1. The van der Waals surface area contributed by atoms with Gasteiger partial charge in [0, 0.05) is 31.0 Å². The lowest BCUT2D eigenvalue weighted by Gasteiger charge is -2.25. The molecule has 2 rings (SSSR count). The topological polar surface area (TPSA) is 49.2 Å². The molecule has 1 aromatic heterocycles. The molecule has 1 unspecified atom stereocenters. The summed E-state index contributed by atoms with van der Waals surface area (Å²) < 4.78 is 0. The molecular weight excluding hydrogens is 202 g/mol. The van der Waals surface area contributed by atoms with Crippen molar-refractivity contribution in [2.24, 2.45) is 0 Å². The van der Waals surface area contributed by atoms with Gasteiger partial charge in [0.2, 0.25) is 0 Å². The second-order valence-electron chi connectivity index (χ2n) is 4.37. The number of hydrogen-bond donors (Lipinski definition) is 1. The number of aliphatic hydroxyl groups excluding tert-OH is 1. The van der Waals surface area contributed by atoms with E-state index in [1.165, 1.54) is 12.8 Å². The van der Waals surface area contributed by atoms with Crippen LogP contribution < -0.4 is 4.90 Å². The van der Waals surface area contributed by atoms with E-state index in [-0.39, 0.29) is 6.61 Å². The van der Waals surface area contributed by atoms with Gasteiger partial charge in [0.15, 0.2) is 0 Å². The SMILES string of the molecule is Cc1cc(N2CCCC2CCCO)ncn1. The molecule has 0 aromatic carbocycles. The van der Waals surface area contributed by atoms with E-state index in [1.54, 1.807) is 6.33 Å². The Balaban J connectivity index is 2.07. The van der Waals surface area contributed by atoms with Crippen LogP contribution in [0.2, 0.25) is 0 Å². The minimum atomic E-state index is 0.285. The summed E-state index contributed by atoms with van der Waals surface area (Å²) in [4.78, 5) is 10.8. The summed E-state index contributed by atoms with van der Waals surface area (Å²) in [6.07, 6.45) is 6.00. The molecule has 0 aliphatic carbocycles. The normalized spacial score (nSPS) is 20.4. The van der Waals surface area contributed by atoms with Crippen molar-refractivity contribution in [3.05, 3.63) is 18.1 Å². The summed E-state index contributed by atoms with van der Waals surface area (Å²) in [5.74, 6) is 1.04. The third-order valence-electron chi connectivity index (χ3n) is 3.16. The van der Waals surface area contributed by atoms with Crippen molar-refractivity contribution in [3.8, 4) is 0 Å². The Labute approximate surface area is 96.3 Å². The van der Waals surface area contributed by atoms with Crippen LogP contribution in [-0.2, 0) is 0 Å². The largest absolute Gasteiger partial charge is 0.396 e. The number of aryl methyl sites for hydroxylation is 1. The van der Waals surface area contributed by atoms with E-state index in [9.17, 15) is 0 Å². The van der Waals surface area contributed by atoms with Gasteiger partial charge in [0.25, 0.3) is 0 Å². The average Bonchev–Trinajstić information content (AvgIpc) is 2.74. The maximum atomic E-state index is 8.88. The molecule has 88 valence electrons. The highest BCUT2D eigenvalue weighted by atomic mass is 16.2. The van der Waals surface area contributed by atoms with Crippen LogP contribution in [0.25, 0.3) is 0 Å². The van der Waals surface area contributed by atoms with Gasteiger partial charge in [-0.2, -0.15) is 0 Å². The summed E-state index contributed by atoms with van der Waals surface area (Å²) in [6.45, 7) is 3.35. The predicted molar refractivity (Wildman–Crippen MR) is 63.5 cm³/mol. The number of hydrogen-bond acceptors (Lipinski definition) is 4. The lowest BCUT2D eigenvalue weighted by molar-refractivity contribution is 0.279. The van der Waals surface area contributed by atoms with Gasteiger partial charge in [-0.1, -0.05) is 0 Å². The Morgan fingerprint density at radius 1 is 1.50 bits per heavy atom. The van der Waals surface area contributed by atoms with Crippen LogP contribution in [-0.4, -0.2) is 34.3 Å². The first kappa shape index (κ1) is 11.3. The van der Waals surface area contributed by atoms with Crippen LogP contribution >= 0.6 is 0 Å². The summed E-state index contributed by atoms with van der Waals surface area (Å²) in [7, 11) is 0. The Morgan fingerprint density at radius 3 is 3.12 bits per heavy atom. The zero-order chi connectivity index (χ0) is 11.4. The molecule has 1 aromatic rings. The number of rotatable bonds is 4. The van der Waals surface area contributed by atoms with Crippen LogP contribution in [0.15, 0.2) is 12.4 Å². The molecule has 1 aliphatic rings. The van der Waals surface area contributed by atoms with Crippen LogP contribution in [0, 0.1) is 6.92 Å². The molecule has 1 fully saturated rings. The van der Waals surface area contributed by atoms with E-state index < -0.39 is 0 Å². The van der Waals surface area contributed by atoms with E-state index in [0.29, 0.717) is 6.04 Å². The molecule has 0 radical (unpaired) electrons. The van der Waals surface area contributed by atoms with Gasteiger partial charge in [-0.15, -0.1) is 0 Å². The Hall–Kier alpha value is -1.16. The van der Waals surface area contributed by atoms with Crippen molar-refractivity contribution in [2.45, 2.75) is 38.6 Å². The lowest BCUT2D eigenvalue weighted by Crippen LogP contribution is -2.30. The zero-order valence-electron chi connectivity index (χ0n) is 9.76. The second kappa shape index (κ2) is 5.25. The molecule has 0 saturated carbocycles. The van der Waals surface area contributed by atoms with Crippen molar-refractivity contribution in [1.29, 1.82) is 0 Å². The van der Waals surface area contributed by atoms with Crippen molar-refractivity contribution in [3.63, 3.8) is 0 Å². The van der Waals surface area contributed by atoms with Gasteiger partial charge in [0.05, 0.1) is 0 Å². The molecule has 0 spiro atoms. The quantitative estimate of drug-likeness (QED) is 0.837. The third kappa shape index (κ3) is 2.50. The molecular formula is C12H19N3O. The predicted octanol–water partition coefficient (Wildman–Crippen LogP) is 1.53. The highest BCUT2D eigenvalue weighted by Crippen LogP contribution is 2.26. The third-order valence-corrected chi connectivity index (χ3v) is 3.16. The van der Waals surface area contributed by atoms with Crippen LogP contribution in [0.3, 0.4) is 0 Å². The maximum absolute atomic E-state index is 8.88. The van der Waals surface area contributed by atoms with E-state index >= 15 is 0 Å². The summed E-state index contributed by atoms with van der Waals surface area (Å²) in [6, 6.07) is 2.58. The zero-order valence-corrected chi connectivity index (χ0v) is 9.76. The van der Waals surface area contributed by atoms with Crippen molar-refractivity contribution in [2.75, 3.05) is 18.1 Å². The Kier molecular flexibility index (Phi) is 3.72. The number of anilines is 1. The first-order chi connectivity index (χ1) is 7.81. The van der Waals surface area contributed by atoms with Crippen molar-refractivity contribution < 1.29 is 5.11 Å². The number of aliphatic hydroxyl groups is 1. The molecule has 1 N–H and O–H groups in total. The van der Waals surface area contributed by atoms with E-state index in [4.69, 9.17) is 5.11 Å². The maximum Gasteiger partial charge on any atom is 0.132 e. The number of aromatic nitrogens is 2.